The van der Waals surface area contributed by atoms with Crippen LogP contribution in [0.15, 0.2) is 0 Å². The van der Waals surface area contributed by atoms with E-state index >= 15 is 0 Å². The summed E-state index contributed by atoms with van der Waals surface area (Å²) in [6.07, 6.45) is 0.684. The summed E-state index contributed by atoms with van der Waals surface area (Å²) >= 11 is 0. The Morgan fingerprint density at radius 1 is 1.40 bits per heavy atom. The zero-order valence-electron chi connectivity index (χ0n) is 12.7. The third kappa shape index (κ3) is 3.32. The zero-order chi connectivity index (χ0) is 14.9. The van der Waals surface area contributed by atoms with Gasteiger partial charge in [0.25, 0.3) is 0 Å². The molecule has 0 saturated carbocycles. The van der Waals surface area contributed by atoms with Gasteiger partial charge in [-0.2, -0.15) is 0 Å². The van der Waals surface area contributed by atoms with Crippen molar-refractivity contribution < 1.29 is 14.7 Å². The summed E-state index contributed by atoms with van der Waals surface area (Å²) in [5.74, 6) is 0.545. The maximum Gasteiger partial charge on any atom is 0.228 e. The minimum absolute atomic E-state index is 0.0864. The SMILES string of the molecule is CC(C)CN1CC(C(=O)N2CCC(O)C(C)C2)CC1=O. The van der Waals surface area contributed by atoms with Gasteiger partial charge < -0.3 is 14.9 Å². The van der Waals surface area contributed by atoms with Crippen molar-refractivity contribution >= 4 is 11.8 Å². The standard InChI is InChI=1S/C15H26N2O3/c1-10(2)7-17-9-12(6-14(17)19)15(20)16-5-4-13(18)11(3)8-16/h10-13,18H,4-9H2,1-3H3. The van der Waals surface area contributed by atoms with Crippen LogP contribution in [0.3, 0.4) is 0 Å². The van der Waals surface area contributed by atoms with Crippen LogP contribution in [-0.2, 0) is 9.59 Å². The molecule has 1 N–H and O–H groups in total. The van der Waals surface area contributed by atoms with Crippen molar-refractivity contribution in [1.29, 1.82) is 0 Å². The summed E-state index contributed by atoms with van der Waals surface area (Å²) in [6, 6.07) is 0. The summed E-state index contributed by atoms with van der Waals surface area (Å²) in [5.41, 5.74) is 0. The summed E-state index contributed by atoms with van der Waals surface area (Å²) in [7, 11) is 0. The molecule has 2 amide bonds. The smallest absolute Gasteiger partial charge is 0.228 e. The second kappa shape index (κ2) is 6.12. The third-order valence-corrected chi connectivity index (χ3v) is 4.32. The van der Waals surface area contributed by atoms with Crippen molar-refractivity contribution in [3.63, 3.8) is 0 Å². The lowest BCUT2D eigenvalue weighted by Crippen LogP contribution is -2.47. The molecule has 0 aromatic rings. The zero-order valence-corrected chi connectivity index (χ0v) is 12.7. The van der Waals surface area contributed by atoms with Crippen LogP contribution >= 0.6 is 0 Å². The molecule has 0 bridgehead atoms. The van der Waals surface area contributed by atoms with E-state index in [2.05, 4.69) is 13.8 Å². The van der Waals surface area contributed by atoms with E-state index in [1.807, 2.05) is 16.7 Å². The predicted octanol–water partition coefficient (Wildman–Crippen LogP) is 0.720. The number of hydrogen-bond donors (Lipinski definition) is 1. The Balaban J connectivity index is 1.92. The molecule has 0 aromatic heterocycles. The number of aliphatic hydroxyl groups excluding tert-OH is 1. The van der Waals surface area contributed by atoms with Gasteiger partial charge in [0.2, 0.25) is 11.8 Å². The van der Waals surface area contributed by atoms with Gasteiger partial charge in [0.05, 0.1) is 12.0 Å². The Labute approximate surface area is 120 Å². The first-order valence-electron chi connectivity index (χ1n) is 7.63. The molecule has 0 radical (unpaired) electrons. The van der Waals surface area contributed by atoms with Gasteiger partial charge in [0.15, 0.2) is 0 Å². The Morgan fingerprint density at radius 3 is 2.70 bits per heavy atom. The maximum absolute atomic E-state index is 12.5. The van der Waals surface area contributed by atoms with E-state index in [4.69, 9.17) is 0 Å². The maximum atomic E-state index is 12.5. The lowest BCUT2D eigenvalue weighted by molar-refractivity contribution is -0.139. The third-order valence-electron chi connectivity index (χ3n) is 4.32. The molecule has 2 saturated heterocycles. The molecular formula is C15H26N2O3. The number of likely N-dealkylation sites (tertiary alicyclic amines) is 2. The molecule has 5 heteroatoms. The molecule has 5 nitrogen and oxygen atoms in total. The number of carbonyl (C=O) groups is 2. The average molecular weight is 282 g/mol. The molecule has 2 heterocycles. The number of rotatable bonds is 3. The van der Waals surface area contributed by atoms with E-state index < -0.39 is 0 Å². The highest BCUT2D eigenvalue weighted by molar-refractivity contribution is 5.89. The minimum Gasteiger partial charge on any atom is -0.393 e. The van der Waals surface area contributed by atoms with Crippen LogP contribution < -0.4 is 0 Å². The number of carbonyl (C=O) groups excluding carboxylic acids is 2. The second-order valence-corrected chi connectivity index (χ2v) is 6.71. The van der Waals surface area contributed by atoms with Gasteiger partial charge in [-0.1, -0.05) is 20.8 Å². The molecule has 3 unspecified atom stereocenters. The molecule has 2 rings (SSSR count). The van der Waals surface area contributed by atoms with Crippen molar-refractivity contribution in [2.24, 2.45) is 17.8 Å². The lowest BCUT2D eigenvalue weighted by atomic mass is 9.95. The van der Waals surface area contributed by atoms with Gasteiger partial charge in [-0.05, 0) is 18.3 Å². The van der Waals surface area contributed by atoms with Crippen LogP contribution in [0.4, 0.5) is 0 Å². The Morgan fingerprint density at radius 2 is 2.10 bits per heavy atom. The first-order valence-corrected chi connectivity index (χ1v) is 7.63. The van der Waals surface area contributed by atoms with Crippen LogP contribution in [0.1, 0.15) is 33.6 Å². The van der Waals surface area contributed by atoms with Crippen molar-refractivity contribution in [2.75, 3.05) is 26.2 Å². The van der Waals surface area contributed by atoms with E-state index in [0.717, 1.165) is 6.54 Å². The molecule has 0 aliphatic carbocycles. The van der Waals surface area contributed by atoms with Gasteiger partial charge in [0, 0.05) is 32.6 Å². The lowest BCUT2D eigenvalue weighted by Gasteiger charge is -2.35. The molecule has 2 aliphatic rings. The minimum atomic E-state index is -0.304. The Bertz CT molecular complexity index is 383. The van der Waals surface area contributed by atoms with Gasteiger partial charge in [-0.25, -0.2) is 0 Å². The molecule has 2 fully saturated rings. The predicted molar refractivity (Wildman–Crippen MR) is 75.9 cm³/mol. The van der Waals surface area contributed by atoms with Crippen LogP contribution in [0.2, 0.25) is 0 Å². The number of piperidine rings is 1. The average Bonchev–Trinajstić information content (AvgIpc) is 2.73. The number of hydrogen-bond acceptors (Lipinski definition) is 3. The molecular weight excluding hydrogens is 256 g/mol. The van der Waals surface area contributed by atoms with Crippen LogP contribution in [-0.4, -0.2) is 59.0 Å². The van der Waals surface area contributed by atoms with E-state index in [1.54, 1.807) is 0 Å². The van der Waals surface area contributed by atoms with E-state index in [1.165, 1.54) is 0 Å². The van der Waals surface area contributed by atoms with Gasteiger partial charge in [0.1, 0.15) is 0 Å². The summed E-state index contributed by atoms with van der Waals surface area (Å²) in [5, 5.41) is 9.73. The van der Waals surface area contributed by atoms with Crippen molar-refractivity contribution in [3.8, 4) is 0 Å². The number of nitrogens with zero attached hydrogens (tertiary/aromatic N) is 2. The highest BCUT2D eigenvalue weighted by Crippen LogP contribution is 2.24. The monoisotopic (exact) mass is 282 g/mol. The topological polar surface area (TPSA) is 60.9 Å². The van der Waals surface area contributed by atoms with Crippen LogP contribution in [0.5, 0.6) is 0 Å². The van der Waals surface area contributed by atoms with Crippen LogP contribution in [0.25, 0.3) is 0 Å². The van der Waals surface area contributed by atoms with Gasteiger partial charge >= 0.3 is 0 Å². The summed E-state index contributed by atoms with van der Waals surface area (Å²) in [6.45, 7) is 8.64. The highest BCUT2D eigenvalue weighted by atomic mass is 16.3. The Kier molecular flexibility index (Phi) is 4.68. The van der Waals surface area contributed by atoms with Crippen molar-refractivity contribution in [1.82, 2.24) is 9.80 Å². The highest BCUT2D eigenvalue weighted by Gasteiger charge is 2.38. The fraction of sp³-hybridized carbons (Fsp3) is 0.867. The van der Waals surface area contributed by atoms with Crippen molar-refractivity contribution in [2.45, 2.75) is 39.7 Å². The quantitative estimate of drug-likeness (QED) is 0.830. The fourth-order valence-corrected chi connectivity index (χ4v) is 3.15. The molecule has 2 aliphatic heterocycles. The second-order valence-electron chi connectivity index (χ2n) is 6.71. The van der Waals surface area contributed by atoms with Crippen LogP contribution in [0, 0.1) is 17.8 Å². The number of amides is 2. The first-order chi connectivity index (χ1) is 9.38. The fourth-order valence-electron chi connectivity index (χ4n) is 3.15. The molecule has 3 atom stereocenters. The van der Waals surface area contributed by atoms with E-state index in [-0.39, 0.29) is 29.8 Å². The summed E-state index contributed by atoms with van der Waals surface area (Å²) < 4.78 is 0. The molecule has 0 aromatic carbocycles. The van der Waals surface area contributed by atoms with Gasteiger partial charge in [-0.15, -0.1) is 0 Å². The summed E-state index contributed by atoms with van der Waals surface area (Å²) in [4.78, 5) is 28.1. The molecule has 20 heavy (non-hydrogen) atoms. The van der Waals surface area contributed by atoms with Crippen molar-refractivity contribution in [3.05, 3.63) is 0 Å². The molecule has 114 valence electrons. The number of aliphatic hydroxyl groups is 1. The van der Waals surface area contributed by atoms with Gasteiger partial charge in [-0.3, -0.25) is 9.59 Å². The molecule has 0 spiro atoms. The Hall–Kier alpha value is -1.10. The van der Waals surface area contributed by atoms with E-state index in [0.29, 0.717) is 38.4 Å². The largest absolute Gasteiger partial charge is 0.393 e. The van der Waals surface area contributed by atoms with E-state index in [9.17, 15) is 14.7 Å². The first kappa shape index (κ1) is 15.3. The normalized spacial score (nSPS) is 31.2.